The molecule has 12 heteroatoms. The SMILES string of the molecule is CC(C)CC(NC(=O)CC(O)C=CCCSC(c1ccccc1)(c1ccccc1)c1ccccc1)C(=O)NC(CSC(c1ccccc1)(c1ccccc1)c1ccccc1)C(=O)N[C@H](C(C)C)[C@@H](O)CC(=O)O. The maximum absolute atomic E-state index is 14.6. The van der Waals surface area contributed by atoms with Crippen LogP contribution in [-0.4, -0.2) is 80.8 Å². The first-order chi connectivity index (χ1) is 35.2. The smallest absolute Gasteiger partial charge is 0.306 e. The average Bonchev–Trinajstić information content (AvgIpc) is 3.39. The predicted octanol–water partition coefficient (Wildman–Crippen LogP) is 10.1. The predicted molar refractivity (Wildman–Crippen MR) is 296 cm³/mol. The number of rotatable bonds is 27. The number of benzene rings is 6. The van der Waals surface area contributed by atoms with Crippen molar-refractivity contribution in [3.8, 4) is 0 Å². The maximum atomic E-state index is 14.6. The van der Waals surface area contributed by atoms with E-state index in [-0.39, 0.29) is 30.4 Å². The highest BCUT2D eigenvalue weighted by atomic mass is 32.2. The number of carboxylic acid groups (broad SMARTS) is 1. The van der Waals surface area contributed by atoms with Crippen LogP contribution in [0.15, 0.2) is 194 Å². The van der Waals surface area contributed by atoms with E-state index >= 15 is 0 Å². The van der Waals surface area contributed by atoms with Gasteiger partial charge in [-0.1, -0.05) is 222 Å². The number of carbonyl (C=O) groups excluding carboxylic acids is 3. The monoisotopic (exact) mass is 1020 g/mol. The van der Waals surface area contributed by atoms with Crippen LogP contribution in [0.3, 0.4) is 0 Å². The molecule has 0 fully saturated rings. The van der Waals surface area contributed by atoms with E-state index in [4.69, 9.17) is 0 Å². The van der Waals surface area contributed by atoms with E-state index in [0.29, 0.717) is 12.2 Å². The minimum Gasteiger partial charge on any atom is -0.481 e. The number of aliphatic hydroxyl groups excluding tert-OH is 2. The minimum absolute atomic E-state index is 0.0312. The van der Waals surface area contributed by atoms with Crippen molar-refractivity contribution in [1.29, 1.82) is 0 Å². The van der Waals surface area contributed by atoms with E-state index in [9.17, 15) is 34.5 Å². The van der Waals surface area contributed by atoms with Gasteiger partial charge in [-0.15, -0.1) is 23.5 Å². The summed E-state index contributed by atoms with van der Waals surface area (Å²) >= 11 is 3.26. The van der Waals surface area contributed by atoms with Crippen molar-refractivity contribution in [1.82, 2.24) is 16.0 Å². The number of carboxylic acids is 1. The normalized spacial score (nSPS) is 14.0. The van der Waals surface area contributed by atoms with Crippen molar-refractivity contribution in [2.45, 2.75) is 93.2 Å². The summed E-state index contributed by atoms with van der Waals surface area (Å²) in [6, 6.07) is 57.8. The molecule has 0 heterocycles. The number of allylic oxidation sites excluding steroid dienone is 1. The maximum Gasteiger partial charge on any atom is 0.306 e. The lowest BCUT2D eigenvalue weighted by Gasteiger charge is -2.37. The fourth-order valence-corrected chi connectivity index (χ4v) is 12.3. The van der Waals surface area contributed by atoms with Crippen molar-refractivity contribution in [2.24, 2.45) is 11.8 Å². The van der Waals surface area contributed by atoms with Gasteiger partial charge in [-0.3, -0.25) is 19.2 Å². The summed E-state index contributed by atoms with van der Waals surface area (Å²) < 4.78 is -1.36. The molecule has 0 aliphatic rings. The highest BCUT2D eigenvalue weighted by Crippen LogP contribution is 2.50. The van der Waals surface area contributed by atoms with Gasteiger partial charge in [0.1, 0.15) is 12.1 Å². The van der Waals surface area contributed by atoms with Crippen molar-refractivity contribution in [3.05, 3.63) is 228 Å². The minimum atomic E-state index is -1.40. The topological polar surface area (TPSA) is 165 Å². The largest absolute Gasteiger partial charge is 0.481 e. The third kappa shape index (κ3) is 15.1. The van der Waals surface area contributed by atoms with Gasteiger partial charge in [0.25, 0.3) is 0 Å². The number of amides is 3. The molecular formula is C61H69N3O7S2. The number of nitrogens with one attached hydrogen (secondary N) is 3. The number of hydrogen-bond acceptors (Lipinski definition) is 8. The molecule has 6 rings (SSSR count). The van der Waals surface area contributed by atoms with Gasteiger partial charge in [-0.05, 0) is 63.8 Å². The summed E-state index contributed by atoms with van der Waals surface area (Å²) in [4.78, 5) is 54.6. The highest BCUT2D eigenvalue weighted by molar-refractivity contribution is 8.00. The molecule has 3 amide bonds. The molecule has 5 atom stereocenters. The first-order valence-electron chi connectivity index (χ1n) is 25.0. The quantitative estimate of drug-likeness (QED) is 0.0167. The lowest BCUT2D eigenvalue weighted by atomic mass is 9.84. The molecule has 0 bridgehead atoms. The standard InChI is InChI=1S/C61H69N3O7S2/c1-43(2)39-52(62-55(67)40-51(65)37-23-24-38-72-60(45-25-11-5-12-26-45,46-27-13-6-14-28-46)47-29-15-7-16-30-47)58(70)63-53(59(71)64-57(44(3)4)54(66)41-56(68)69)42-73-61(48-31-17-8-18-32-48,49-33-19-9-20-34-49)50-35-21-10-22-36-50/h5-23,25-37,43-44,51-54,57,65-66H,24,38-42H2,1-4H3,(H,62,67)(H,63,70)(H,64,71)(H,68,69)/t51?,52?,53?,54-,57+/m0/s1. The molecular weight excluding hydrogens is 951 g/mol. The van der Waals surface area contributed by atoms with Crippen LogP contribution in [0.1, 0.15) is 86.8 Å². The lowest BCUT2D eigenvalue weighted by molar-refractivity contribution is -0.140. The van der Waals surface area contributed by atoms with Gasteiger partial charge in [-0.25, -0.2) is 0 Å². The first kappa shape index (κ1) is 55.9. The van der Waals surface area contributed by atoms with Crippen LogP contribution in [0.25, 0.3) is 0 Å². The van der Waals surface area contributed by atoms with E-state index in [1.807, 2.05) is 129 Å². The second-order valence-corrected chi connectivity index (χ2v) is 21.5. The van der Waals surface area contributed by atoms with E-state index < -0.39 is 69.9 Å². The van der Waals surface area contributed by atoms with Crippen LogP contribution in [0.5, 0.6) is 0 Å². The second-order valence-electron chi connectivity index (χ2n) is 19.0. The van der Waals surface area contributed by atoms with E-state index in [1.54, 1.807) is 31.7 Å². The van der Waals surface area contributed by atoms with Gasteiger partial charge in [0, 0.05) is 5.75 Å². The summed E-state index contributed by atoms with van der Waals surface area (Å²) in [7, 11) is 0. The Balaban J connectivity index is 1.20. The summed E-state index contributed by atoms with van der Waals surface area (Å²) in [5.74, 6) is -2.64. The van der Waals surface area contributed by atoms with Crippen LogP contribution < -0.4 is 16.0 Å². The Kier molecular flexibility index (Phi) is 21.1. The molecule has 0 radical (unpaired) electrons. The van der Waals surface area contributed by atoms with Crippen LogP contribution in [0.2, 0.25) is 0 Å². The Morgan fingerprint density at radius 1 is 0.521 bits per heavy atom. The zero-order chi connectivity index (χ0) is 52.2. The third-order valence-electron chi connectivity index (χ3n) is 12.7. The van der Waals surface area contributed by atoms with Crippen LogP contribution in [-0.2, 0) is 28.7 Å². The molecule has 3 unspecified atom stereocenters. The molecule has 382 valence electrons. The number of carbonyl (C=O) groups is 4. The van der Waals surface area contributed by atoms with Crippen molar-refractivity contribution < 1.29 is 34.5 Å². The number of aliphatic carboxylic acids is 1. The van der Waals surface area contributed by atoms with Crippen LogP contribution in [0, 0.1) is 11.8 Å². The second kappa shape index (κ2) is 27.6. The molecule has 0 saturated heterocycles. The summed E-state index contributed by atoms with van der Waals surface area (Å²) in [5.41, 5.74) is 6.27. The molecule has 0 saturated carbocycles. The Labute approximate surface area is 439 Å². The molecule has 0 aliphatic heterocycles. The van der Waals surface area contributed by atoms with Crippen molar-refractivity contribution >= 4 is 47.2 Å². The summed E-state index contributed by atoms with van der Waals surface area (Å²) in [5, 5.41) is 40.4. The van der Waals surface area contributed by atoms with Gasteiger partial charge in [-0.2, -0.15) is 0 Å². The molecule has 6 aromatic rings. The molecule has 0 aromatic heterocycles. The highest BCUT2D eigenvalue weighted by Gasteiger charge is 2.40. The average molecular weight is 1020 g/mol. The van der Waals surface area contributed by atoms with Gasteiger partial charge in [0.2, 0.25) is 17.7 Å². The van der Waals surface area contributed by atoms with E-state index in [0.717, 1.165) is 33.4 Å². The Morgan fingerprint density at radius 3 is 1.27 bits per heavy atom. The van der Waals surface area contributed by atoms with Crippen LogP contribution in [0.4, 0.5) is 0 Å². The van der Waals surface area contributed by atoms with Gasteiger partial charge >= 0.3 is 5.97 Å². The van der Waals surface area contributed by atoms with E-state index in [1.165, 1.54) is 11.8 Å². The fourth-order valence-electron chi connectivity index (χ4n) is 9.23. The molecule has 6 aromatic carbocycles. The van der Waals surface area contributed by atoms with Gasteiger partial charge in [0.05, 0.1) is 40.6 Å². The zero-order valence-electron chi connectivity index (χ0n) is 42.1. The molecule has 10 nitrogen and oxygen atoms in total. The number of hydrogen-bond donors (Lipinski definition) is 6. The Hall–Kier alpha value is -6.44. The Bertz CT molecular complexity index is 2470. The summed E-state index contributed by atoms with van der Waals surface area (Å²) in [6.07, 6.45) is 0.941. The van der Waals surface area contributed by atoms with Crippen LogP contribution >= 0.6 is 23.5 Å². The summed E-state index contributed by atoms with van der Waals surface area (Å²) in [6.45, 7) is 7.40. The van der Waals surface area contributed by atoms with Gasteiger partial charge < -0.3 is 31.3 Å². The number of thioether (sulfide) groups is 2. The number of aliphatic hydroxyl groups is 2. The molecule has 0 spiro atoms. The zero-order valence-corrected chi connectivity index (χ0v) is 43.7. The fraction of sp³-hybridized carbons (Fsp3) is 0.311. The first-order valence-corrected chi connectivity index (χ1v) is 27.0. The molecule has 0 aliphatic carbocycles. The molecule has 73 heavy (non-hydrogen) atoms. The van der Waals surface area contributed by atoms with Crippen molar-refractivity contribution in [2.75, 3.05) is 11.5 Å². The molecule has 6 N–H and O–H groups in total. The van der Waals surface area contributed by atoms with Gasteiger partial charge in [0.15, 0.2) is 0 Å². The van der Waals surface area contributed by atoms with E-state index in [2.05, 4.69) is 88.7 Å². The van der Waals surface area contributed by atoms with Crippen molar-refractivity contribution in [3.63, 3.8) is 0 Å². The third-order valence-corrected chi connectivity index (χ3v) is 15.9. The Morgan fingerprint density at radius 2 is 0.904 bits per heavy atom. The lowest BCUT2D eigenvalue weighted by Crippen LogP contribution is -2.58.